The Labute approximate surface area is 172 Å². The summed E-state index contributed by atoms with van der Waals surface area (Å²) in [5.41, 5.74) is 2.33. The van der Waals surface area contributed by atoms with Gasteiger partial charge in [-0.3, -0.25) is 9.88 Å². The van der Waals surface area contributed by atoms with E-state index in [4.69, 9.17) is 17.0 Å². The Hall–Kier alpha value is -1.96. The molecule has 0 aromatic carbocycles. The van der Waals surface area contributed by atoms with Gasteiger partial charge in [0.25, 0.3) is 0 Å². The summed E-state index contributed by atoms with van der Waals surface area (Å²) < 4.78 is 7.77. The van der Waals surface area contributed by atoms with E-state index in [0.29, 0.717) is 0 Å². The van der Waals surface area contributed by atoms with Gasteiger partial charge in [0.15, 0.2) is 5.11 Å². The van der Waals surface area contributed by atoms with Gasteiger partial charge in [-0.15, -0.1) is 0 Å². The molecule has 0 saturated carbocycles. The summed E-state index contributed by atoms with van der Waals surface area (Å²) >= 11 is 5.76. The van der Waals surface area contributed by atoms with Crippen molar-refractivity contribution < 1.29 is 4.74 Å². The highest BCUT2D eigenvalue weighted by molar-refractivity contribution is 7.80. The Morgan fingerprint density at radius 3 is 2.79 bits per heavy atom. The first-order valence-corrected chi connectivity index (χ1v) is 10.6. The minimum atomic E-state index is 0.0669. The average molecular weight is 400 g/mol. The van der Waals surface area contributed by atoms with Crippen LogP contribution in [-0.4, -0.2) is 63.9 Å². The molecule has 2 fully saturated rings. The molecule has 150 valence electrons. The fourth-order valence-electron chi connectivity index (χ4n) is 4.24. The van der Waals surface area contributed by atoms with Crippen molar-refractivity contribution in [3.05, 3.63) is 54.1 Å². The summed E-state index contributed by atoms with van der Waals surface area (Å²) in [6.45, 7) is 8.90. The lowest BCUT2D eigenvalue weighted by Crippen LogP contribution is -2.39. The number of pyridine rings is 1. The lowest BCUT2D eigenvalue weighted by atomic mass is 10.0. The third kappa shape index (κ3) is 4.06. The van der Waals surface area contributed by atoms with Crippen molar-refractivity contribution in [3.63, 3.8) is 0 Å². The van der Waals surface area contributed by atoms with Gasteiger partial charge in [0.1, 0.15) is 0 Å². The second-order valence-electron chi connectivity index (χ2n) is 7.35. The van der Waals surface area contributed by atoms with E-state index in [0.717, 1.165) is 63.2 Å². The quantitative estimate of drug-likeness (QED) is 0.722. The van der Waals surface area contributed by atoms with Crippen molar-refractivity contribution in [1.82, 2.24) is 24.7 Å². The highest BCUT2D eigenvalue weighted by atomic mass is 32.1. The molecular formula is C21H29N5OS. The summed E-state index contributed by atoms with van der Waals surface area (Å²) in [5.74, 6) is 0. The summed E-state index contributed by atoms with van der Waals surface area (Å²) in [4.78, 5) is 9.46. The summed E-state index contributed by atoms with van der Waals surface area (Å²) in [5, 5.41) is 4.37. The molecule has 0 bridgehead atoms. The molecule has 0 amide bonds. The number of thiocarbonyl (C=S) groups is 1. The number of morpholine rings is 1. The van der Waals surface area contributed by atoms with Gasteiger partial charge in [-0.1, -0.05) is 6.07 Å². The molecule has 0 spiro atoms. The maximum Gasteiger partial charge on any atom is 0.170 e. The van der Waals surface area contributed by atoms with E-state index in [-0.39, 0.29) is 12.1 Å². The van der Waals surface area contributed by atoms with Gasteiger partial charge in [-0.05, 0) is 49.8 Å². The minimum Gasteiger partial charge on any atom is -0.379 e. The van der Waals surface area contributed by atoms with Gasteiger partial charge < -0.3 is 19.5 Å². The smallest absolute Gasteiger partial charge is 0.170 e. The minimum absolute atomic E-state index is 0.0669. The summed E-state index contributed by atoms with van der Waals surface area (Å²) in [7, 11) is 0. The molecule has 2 aliphatic rings. The third-order valence-electron chi connectivity index (χ3n) is 5.68. The molecule has 1 N–H and O–H groups in total. The second-order valence-corrected chi connectivity index (χ2v) is 7.73. The zero-order valence-corrected chi connectivity index (χ0v) is 17.3. The van der Waals surface area contributed by atoms with Crippen LogP contribution in [0.4, 0.5) is 0 Å². The van der Waals surface area contributed by atoms with Gasteiger partial charge in [-0.25, -0.2) is 0 Å². The molecule has 4 heterocycles. The van der Waals surface area contributed by atoms with Crippen molar-refractivity contribution in [2.24, 2.45) is 0 Å². The summed E-state index contributed by atoms with van der Waals surface area (Å²) in [6, 6.07) is 10.7. The number of hydrogen-bond donors (Lipinski definition) is 1. The molecule has 2 aromatic heterocycles. The Morgan fingerprint density at radius 2 is 2.04 bits per heavy atom. The molecule has 0 radical (unpaired) electrons. The number of nitrogens with one attached hydrogen (secondary N) is 1. The van der Waals surface area contributed by atoms with Crippen LogP contribution in [0.15, 0.2) is 42.7 Å². The van der Waals surface area contributed by atoms with E-state index in [1.165, 1.54) is 5.69 Å². The lowest BCUT2D eigenvalue weighted by Gasteiger charge is -2.30. The molecule has 7 heteroatoms. The van der Waals surface area contributed by atoms with E-state index in [2.05, 4.69) is 56.0 Å². The van der Waals surface area contributed by atoms with Crippen LogP contribution in [0.2, 0.25) is 0 Å². The first-order valence-electron chi connectivity index (χ1n) is 10.2. The van der Waals surface area contributed by atoms with Gasteiger partial charge in [0.05, 0.1) is 31.0 Å². The predicted octanol–water partition coefficient (Wildman–Crippen LogP) is 2.60. The largest absolute Gasteiger partial charge is 0.379 e. The highest BCUT2D eigenvalue weighted by Crippen LogP contribution is 2.38. The standard InChI is InChI=1S/C21H29N5OS/c1-2-25-11-5-8-18(25)20-19(17-7-3-4-9-22-17)23-21(28)26(20)12-6-10-24-13-15-27-16-14-24/h3-5,7-9,11,19-20H,2,6,10,12-16H2,1H3,(H,23,28)/t19-,20+/m1/s1. The zero-order valence-electron chi connectivity index (χ0n) is 16.5. The van der Waals surface area contributed by atoms with Crippen LogP contribution >= 0.6 is 12.2 Å². The molecule has 6 nitrogen and oxygen atoms in total. The monoisotopic (exact) mass is 399 g/mol. The van der Waals surface area contributed by atoms with Crippen molar-refractivity contribution >= 4 is 17.3 Å². The maximum atomic E-state index is 5.76. The van der Waals surface area contributed by atoms with E-state index >= 15 is 0 Å². The highest BCUT2D eigenvalue weighted by Gasteiger charge is 2.40. The van der Waals surface area contributed by atoms with Crippen LogP contribution < -0.4 is 5.32 Å². The molecule has 2 aliphatic heterocycles. The van der Waals surface area contributed by atoms with Crippen LogP contribution in [0.1, 0.15) is 36.8 Å². The fraction of sp³-hybridized carbons (Fsp3) is 0.524. The maximum absolute atomic E-state index is 5.76. The van der Waals surface area contributed by atoms with Gasteiger partial charge in [0.2, 0.25) is 0 Å². The van der Waals surface area contributed by atoms with E-state index < -0.39 is 0 Å². The van der Waals surface area contributed by atoms with Gasteiger partial charge in [-0.2, -0.15) is 0 Å². The molecular weight excluding hydrogens is 370 g/mol. The molecule has 2 aromatic rings. The Balaban J connectivity index is 1.53. The van der Waals surface area contributed by atoms with Gasteiger partial charge >= 0.3 is 0 Å². The molecule has 0 unspecified atom stereocenters. The normalized spacial score (nSPS) is 23.2. The van der Waals surface area contributed by atoms with Crippen LogP contribution in [0, 0.1) is 0 Å². The predicted molar refractivity (Wildman–Crippen MR) is 114 cm³/mol. The van der Waals surface area contributed by atoms with Crippen molar-refractivity contribution in [2.75, 3.05) is 39.4 Å². The van der Waals surface area contributed by atoms with Crippen LogP contribution in [0.3, 0.4) is 0 Å². The summed E-state index contributed by atoms with van der Waals surface area (Å²) in [6.07, 6.45) is 5.09. The van der Waals surface area contributed by atoms with E-state index in [1.807, 2.05) is 18.3 Å². The third-order valence-corrected chi connectivity index (χ3v) is 6.04. The van der Waals surface area contributed by atoms with Gasteiger partial charge in [0, 0.05) is 50.8 Å². The van der Waals surface area contributed by atoms with Crippen LogP contribution in [0.5, 0.6) is 0 Å². The first kappa shape index (κ1) is 19.4. The number of rotatable bonds is 7. The number of hydrogen-bond acceptors (Lipinski definition) is 4. The second kappa shape index (κ2) is 9.03. The van der Waals surface area contributed by atoms with Crippen molar-refractivity contribution in [2.45, 2.75) is 32.0 Å². The van der Waals surface area contributed by atoms with E-state index in [1.54, 1.807) is 0 Å². The Morgan fingerprint density at radius 1 is 1.18 bits per heavy atom. The average Bonchev–Trinajstić information content (AvgIpc) is 3.33. The van der Waals surface area contributed by atoms with Crippen LogP contribution in [0.25, 0.3) is 0 Å². The van der Waals surface area contributed by atoms with Crippen molar-refractivity contribution in [1.29, 1.82) is 0 Å². The fourth-order valence-corrected chi connectivity index (χ4v) is 4.57. The topological polar surface area (TPSA) is 45.6 Å². The first-order chi connectivity index (χ1) is 13.8. The molecule has 28 heavy (non-hydrogen) atoms. The Bertz CT molecular complexity index is 774. The molecule has 0 aliphatic carbocycles. The molecule has 4 rings (SSSR count). The lowest BCUT2D eigenvalue weighted by molar-refractivity contribution is 0.0365. The molecule has 2 atom stereocenters. The number of nitrogens with zero attached hydrogens (tertiary/aromatic N) is 4. The number of aryl methyl sites for hydroxylation is 1. The SMILES string of the molecule is CCn1cccc1[C@H]1[C@@H](c2ccccn2)NC(=S)N1CCCN1CCOCC1. The zero-order chi connectivity index (χ0) is 19.3. The Kier molecular flexibility index (Phi) is 6.24. The van der Waals surface area contributed by atoms with Crippen LogP contribution in [-0.2, 0) is 11.3 Å². The molecule has 2 saturated heterocycles. The number of aromatic nitrogens is 2. The van der Waals surface area contributed by atoms with Crippen molar-refractivity contribution in [3.8, 4) is 0 Å². The number of ether oxygens (including phenoxy) is 1. The van der Waals surface area contributed by atoms with E-state index in [9.17, 15) is 0 Å².